The molecule has 0 aliphatic heterocycles. The minimum Gasteiger partial charge on any atom is -0.466 e. The first-order valence-corrected chi connectivity index (χ1v) is 4.66. The second-order valence-corrected chi connectivity index (χ2v) is 3.54. The van der Waals surface area contributed by atoms with Crippen LogP contribution in [0.4, 0.5) is 0 Å². The lowest BCUT2D eigenvalue weighted by molar-refractivity contribution is 0.504. The molecule has 0 aliphatic carbocycles. The first kappa shape index (κ1) is 10.8. The molecule has 0 aliphatic rings. The second-order valence-electron chi connectivity index (χ2n) is 3.54. The van der Waals surface area contributed by atoms with Crippen LogP contribution in [-0.4, -0.2) is 11.9 Å². The topological polar surface area (TPSA) is 63.5 Å². The van der Waals surface area contributed by atoms with Crippen LogP contribution in [0.15, 0.2) is 15.5 Å². The van der Waals surface area contributed by atoms with Crippen LogP contribution in [-0.2, 0) is 0 Å². The summed E-state index contributed by atoms with van der Waals surface area (Å²) in [7, 11) is 0. The van der Waals surface area contributed by atoms with E-state index in [1.165, 1.54) is 0 Å². The zero-order valence-corrected chi connectivity index (χ0v) is 9.09. The van der Waals surface area contributed by atoms with Gasteiger partial charge in [-0.05, 0) is 33.8 Å². The van der Waals surface area contributed by atoms with E-state index in [1.807, 2.05) is 33.8 Å². The number of hydrazine groups is 1. The fourth-order valence-electron chi connectivity index (χ4n) is 1.31. The van der Waals surface area contributed by atoms with E-state index in [-0.39, 0.29) is 6.04 Å². The summed E-state index contributed by atoms with van der Waals surface area (Å²) in [5.74, 6) is 7.78. The van der Waals surface area contributed by atoms with Gasteiger partial charge in [-0.25, -0.2) is 5.84 Å². The van der Waals surface area contributed by atoms with Gasteiger partial charge in [-0.15, -0.1) is 0 Å². The van der Waals surface area contributed by atoms with Crippen LogP contribution in [0.25, 0.3) is 0 Å². The lowest BCUT2D eigenvalue weighted by atomic mass is 10.2. The van der Waals surface area contributed by atoms with Crippen LogP contribution < -0.4 is 11.3 Å². The predicted octanol–water partition coefficient (Wildman–Crippen LogP) is 1.51. The Morgan fingerprint density at radius 1 is 1.50 bits per heavy atom. The van der Waals surface area contributed by atoms with Crippen LogP contribution in [0.1, 0.15) is 30.9 Å². The molecule has 1 aromatic heterocycles. The zero-order chi connectivity index (χ0) is 10.7. The molecule has 0 atom stereocenters. The highest BCUT2D eigenvalue weighted by Crippen LogP contribution is 2.14. The van der Waals surface area contributed by atoms with Crippen molar-refractivity contribution in [3.63, 3.8) is 0 Å². The number of hydrogen-bond acceptors (Lipinski definition) is 3. The van der Waals surface area contributed by atoms with Crippen LogP contribution in [0.2, 0.25) is 0 Å². The van der Waals surface area contributed by atoms with E-state index in [0.29, 0.717) is 5.84 Å². The minimum atomic E-state index is 0.204. The van der Waals surface area contributed by atoms with E-state index >= 15 is 0 Å². The van der Waals surface area contributed by atoms with Crippen molar-refractivity contribution < 1.29 is 4.42 Å². The van der Waals surface area contributed by atoms with Crippen LogP contribution in [0.3, 0.4) is 0 Å². The molecule has 1 aromatic rings. The van der Waals surface area contributed by atoms with Gasteiger partial charge in [0.15, 0.2) is 0 Å². The van der Waals surface area contributed by atoms with Crippen LogP contribution in [0.5, 0.6) is 0 Å². The van der Waals surface area contributed by atoms with E-state index in [2.05, 4.69) is 10.4 Å². The third kappa shape index (κ3) is 2.35. The number of aryl methyl sites for hydroxylation is 2. The van der Waals surface area contributed by atoms with Crippen molar-refractivity contribution in [2.24, 2.45) is 10.8 Å². The third-order valence-electron chi connectivity index (χ3n) is 1.82. The van der Waals surface area contributed by atoms with Crippen LogP contribution >= 0.6 is 0 Å². The van der Waals surface area contributed by atoms with E-state index < -0.39 is 0 Å². The average molecular weight is 195 g/mol. The Morgan fingerprint density at radius 2 is 2.14 bits per heavy atom. The molecule has 0 fully saturated rings. The number of nitrogens with one attached hydrogen (secondary N) is 1. The Morgan fingerprint density at radius 3 is 2.50 bits per heavy atom. The van der Waals surface area contributed by atoms with Crippen molar-refractivity contribution in [2.75, 3.05) is 0 Å². The van der Waals surface area contributed by atoms with Crippen molar-refractivity contribution in [3.05, 3.63) is 23.2 Å². The maximum Gasteiger partial charge on any atom is 0.146 e. The molecule has 0 saturated carbocycles. The monoisotopic (exact) mass is 195 g/mol. The Labute approximate surface area is 84.2 Å². The molecule has 0 unspecified atom stereocenters. The maximum atomic E-state index is 5.41. The molecule has 1 heterocycles. The molecule has 4 nitrogen and oxygen atoms in total. The maximum absolute atomic E-state index is 5.41. The molecular formula is C10H17N3O. The first-order chi connectivity index (χ1) is 6.54. The third-order valence-corrected chi connectivity index (χ3v) is 1.82. The summed E-state index contributed by atoms with van der Waals surface area (Å²) in [5.41, 5.74) is 3.52. The van der Waals surface area contributed by atoms with Crippen molar-refractivity contribution in [3.8, 4) is 0 Å². The van der Waals surface area contributed by atoms with Crippen LogP contribution in [0, 0.1) is 13.8 Å². The summed E-state index contributed by atoms with van der Waals surface area (Å²) < 4.78 is 5.40. The summed E-state index contributed by atoms with van der Waals surface area (Å²) in [6, 6.07) is 2.13. The van der Waals surface area contributed by atoms with Crippen molar-refractivity contribution in [1.29, 1.82) is 0 Å². The largest absolute Gasteiger partial charge is 0.466 e. The molecule has 0 radical (unpaired) electrons. The number of amidine groups is 1. The molecular weight excluding hydrogens is 178 g/mol. The van der Waals surface area contributed by atoms with E-state index in [9.17, 15) is 0 Å². The van der Waals surface area contributed by atoms with Crippen molar-refractivity contribution >= 4 is 5.84 Å². The fraction of sp³-hybridized carbons (Fsp3) is 0.500. The van der Waals surface area contributed by atoms with Gasteiger partial charge in [-0.2, -0.15) is 0 Å². The lowest BCUT2D eigenvalue weighted by Gasteiger charge is -2.05. The molecule has 14 heavy (non-hydrogen) atoms. The van der Waals surface area contributed by atoms with Gasteiger partial charge < -0.3 is 9.84 Å². The Hall–Kier alpha value is -1.29. The number of aliphatic imine (C=N–C) groups is 1. The number of rotatable bonds is 2. The molecule has 0 amide bonds. The molecule has 3 N–H and O–H groups in total. The van der Waals surface area contributed by atoms with Gasteiger partial charge in [0.2, 0.25) is 0 Å². The number of hydrogen-bond donors (Lipinski definition) is 2. The van der Waals surface area contributed by atoms with Gasteiger partial charge in [0.25, 0.3) is 0 Å². The fourth-order valence-corrected chi connectivity index (χ4v) is 1.31. The van der Waals surface area contributed by atoms with Gasteiger partial charge in [-0.3, -0.25) is 4.99 Å². The lowest BCUT2D eigenvalue weighted by Crippen LogP contribution is -2.32. The molecule has 1 rings (SSSR count). The average Bonchev–Trinajstić information content (AvgIpc) is 2.41. The standard InChI is InChI=1S/C10H17N3O/c1-6(2)12-10(13-11)9-5-7(3)14-8(9)4/h5-6H,11H2,1-4H3,(H,12,13). The van der Waals surface area contributed by atoms with E-state index in [1.54, 1.807) is 0 Å². The Balaban J connectivity index is 3.06. The zero-order valence-electron chi connectivity index (χ0n) is 9.09. The molecule has 0 spiro atoms. The van der Waals surface area contributed by atoms with Gasteiger partial charge in [0.05, 0.1) is 5.56 Å². The number of nitrogens with zero attached hydrogens (tertiary/aromatic N) is 1. The van der Waals surface area contributed by atoms with Gasteiger partial charge in [0.1, 0.15) is 17.4 Å². The smallest absolute Gasteiger partial charge is 0.146 e. The highest BCUT2D eigenvalue weighted by molar-refractivity contribution is 5.99. The minimum absolute atomic E-state index is 0.204. The van der Waals surface area contributed by atoms with E-state index in [4.69, 9.17) is 10.3 Å². The highest BCUT2D eigenvalue weighted by Gasteiger charge is 2.10. The first-order valence-electron chi connectivity index (χ1n) is 4.66. The normalized spacial score (nSPS) is 12.3. The summed E-state index contributed by atoms with van der Waals surface area (Å²) in [5, 5.41) is 0. The molecule has 0 bridgehead atoms. The summed E-state index contributed by atoms with van der Waals surface area (Å²) >= 11 is 0. The quantitative estimate of drug-likeness (QED) is 0.325. The Bertz CT molecular complexity index is 339. The predicted molar refractivity (Wildman–Crippen MR) is 57.2 cm³/mol. The van der Waals surface area contributed by atoms with Gasteiger partial charge in [-0.1, -0.05) is 0 Å². The molecule has 0 aromatic carbocycles. The number of nitrogens with two attached hydrogens (primary N) is 1. The van der Waals surface area contributed by atoms with E-state index in [0.717, 1.165) is 17.1 Å². The summed E-state index contributed by atoms with van der Waals surface area (Å²) in [4.78, 5) is 4.36. The molecule has 4 heteroatoms. The van der Waals surface area contributed by atoms with Crippen molar-refractivity contribution in [2.45, 2.75) is 33.7 Å². The molecule has 78 valence electrons. The second kappa shape index (κ2) is 4.28. The Kier molecular flexibility index (Phi) is 3.30. The van der Waals surface area contributed by atoms with Gasteiger partial charge >= 0.3 is 0 Å². The number of furan rings is 1. The summed E-state index contributed by atoms with van der Waals surface area (Å²) in [6.07, 6.45) is 0. The van der Waals surface area contributed by atoms with Crippen molar-refractivity contribution in [1.82, 2.24) is 5.43 Å². The SMILES string of the molecule is Cc1cc(C(=NC(C)C)NN)c(C)o1. The van der Waals surface area contributed by atoms with Gasteiger partial charge in [0, 0.05) is 6.04 Å². The summed E-state index contributed by atoms with van der Waals surface area (Å²) in [6.45, 7) is 7.80. The molecule has 0 saturated heterocycles. The highest BCUT2D eigenvalue weighted by atomic mass is 16.3.